The number of nitrogens with zero attached hydrogens (tertiary/aromatic N) is 3. The molecule has 2 aromatic rings. The molecule has 1 aromatic heterocycles. The summed E-state index contributed by atoms with van der Waals surface area (Å²) in [7, 11) is 0. The number of hydrogen-bond donors (Lipinski definition) is 1. The van der Waals surface area contributed by atoms with E-state index in [0.29, 0.717) is 31.9 Å². The van der Waals surface area contributed by atoms with Crippen LogP contribution in [0.1, 0.15) is 53.3 Å². The molecule has 0 spiro atoms. The Morgan fingerprint density at radius 2 is 1.86 bits per heavy atom. The van der Waals surface area contributed by atoms with Gasteiger partial charge in [0.2, 0.25) is 0 Å². The molecule has 29 heavy (non-hydrogen) atoms. The van der Waals surface area contributed by atoms with Gasteiger partial charge in [0.15, 0.2) is 0 Å². The predicted molar refractivity (Wildman–Crippen MR) is 113 cm³/mol. The number of piperazine rings is 1. The van der Waals surface area contributed by atoms with Gasteiger partial charge in [-0.3, -0.25) is 4.79 Å². The third-order valence-corrected chi connectivity index (χ3v) is 5.93. The van der Waals surface area contributed by atoms with Gasteiger partial charge in [0.25, 0.3) is 5.91 Å². The Bertz CT molecular complexity index is 803. The molecule has 2 heterocycles. The first kappa shape index (κ1) is 21.3. The highest BCUT2D eigenvalue weighted by atomic mass is 32.1. The number of nitrogens with two attached hydrogens (primary N) is 1. The second-order valence-corrected chi connectivity index (χ2v) is 8.03. The molecule has 1 saturated heterocycles. The van der Waals surface area contributed by atoms with E-state index in [4.69, 9.17) is 10.5 Å². The Hall–Kier alpha value is -2.45. The first-order chi connectivity index (χ1) is 14.1. The molecule has 2 N–H and O–H groups in total. The van der Waals surface area contributed by atoms with Gasteiger partial charge in [-0.05, 0) is 12.0 Å². The van der Waals surface area contributed by atoms with Crippen LogP contribution in [0, 0.1) is 0 Å². The minimum atomic E-state index is -0.348. The van der Waals surface area contributed by atoms with Gasteiger partial charge in [0.1, 0.15) is 17.3 Å². The van der Waals surface area contributed by atoms with Crippen molar-refractivity contribution in [3.63, 3.8) is 0 Å². The van der Waals surface area contributed by atoms with Crippen LogP contribution in [0.3, 0.4) is 0 Å². The van der Waals surface area contributed by atoms with Crippen molar-refractivity contribution in [2.75, 3.05) is 26.2 Å². The van der Waals surface area contributed by atoms with E-state index in [0.717, 1.165) is 29.8 Å². The van der Waals surface area contributed by atoms with Crippen molar-refractivity contribution in [3.8, 4) is 0 Å². The minimum absolute atomic E-state index is 0.104. The number of thiazole rings is 1. The quantitative estimate of drug-likeness (QED) is 0.747. The zero-order valence-electron chi connectivity index (χ0n) is 16.8. The molecule has 2 amide bonds. The summed E-state index contributed by atoms with van der Waals surface area (Å²) in [6.07, 6.45) is 2.66. The summed E-state index contributed by atoms with van der Waals surface area (Å²) < 4.78 is 5.37. The zero-order valence-corrected chi connectivity index (χ0v) is 17.6. The number of amides is 2. The number of benzene rings is 1. The monoisotopic (exact) mass is 416 g/mol. The number of rotatable bonds is 7. The van der Waals surface area contributed by atoms with Crippen molar-refractivity contribution in [1.82, 2.24) is 14.8 Å². The lowest BCUT2D eigenvalue weighted by Crippen LogP contribution is -2.50. The molecule has 1 fully saturated rings. The second-order valence-electron chi connectivity index (χ2n) is 7.14. The zero-order chi connectivity index (χ0) is 20.6. The van der Waals surface area contributed by atoms with E-state index in [1.165, 1.54) is 11.3 Å². The number of unbranched alkanes of at least 4 members (excludes halogenated alkanes) is 1. The topological polar surface area (TPSA) is 88.8 Å². The minimum Gasteiger partial charge on any atom is -0.445 e. The van der Waals surface area contributed by atoms with Gasteiger partial charge in [-0.25, -0.2) is 9.78 Å². The van der Waals surface area contributed by atoms with Crippen LogP contribution in [0.25, 0.3) is 0 Å². The van der Waals surface area contributed by atoms with Gasteiger partial charge in [-0.2, -0.15) is 0 Å². The largest absolute Gasteiger partial charge is 0.445 e. The molecule has 1 atom stereocenters. The Kier molecular flexibility index (Phi) is 7.60. The van der Waals surface area contributed by atoms with E-state index in [1.807, 2.05) is 30.3 Å². The van der Waals surface area contributed by atoms with Crippen LogP contribution >= 0.6 is 11.3 Å². The van der Waals surface area contributed by atoms with Gasteiger partial charge >= 0.3 is 6.09 Å². The van der Waals surface area contributed by atoms with Crippen molar-refractivity contribution >= 4 is 23.3 Å². The highest BCUT2D eigenvalue weighted by molar-refractivity contribution is 7.09. The van der Waals surface area contributed by atoms with Crippen LogP contribution in [0.15, 0.2) is 35.7 Å². The highest BCUT2D eigenvalue weighted by Gasteiger charge is 2.27. The van der Waals surface area contributed by atoms with E-state index in [-0.39, 0.29) is 24.6 Å². The third-order valence-electron chi connectivity index (χ3n) is 4.96. The standard InChI is InChI=1S/C21H28N4O3S/c1-2-3-9-17(22)19-23-18(15-29-19)20(26)24-10-12-25(13-11-24)21(27)28-14-16-7-5-4-6-8-16/h4-8,15,17H,2-3,9-14,22H2,1H3. The van der Waals surface area contributed by atoms with Crippen molar-refractivity contribution < 1.29 is 14.3 Å². The molecular weight excluding hydrogens is 388 g/mol. The van der Waals surface area contributed by atoms with Crippen molar-refractivity contribution in [1.29, 1.82) is 0 Å². The molecule has 1 aliphatic rings. The maximum atomic E-state index is 12.7. The van der Waals surface area contributed by atoms with Crippen LogP contribution in [0.2, 0.25) is 0 Å². The fourth-order valence-electron chi connectivity index (χ4n) is 3.17. The molecule has 0 saturated carbocycles. The highest BCUT2D eigenvalue weighted by Crippen LogP contribution is 2.22. The molecule has 0 bridgehead atoms. The average Bonchev–Trinajstić information content (AvgIpc) is 3.26. The number of aromatic nitrogens is 1. The first-order valence-electron chi connectivity index (χ1n) is 10.0. The molecular formula is C21H28N4O3S. The Morgan fingerprint density at radius 3 is 2.55 bits per heavy atom. The predicted octanol–water partition coefficient (Wildman–Crippen LogP) is 3.43. The van der Waals surface area contributed by atoms with Gasteiger partial charge in [-0.1, -0.05) is 50.1 Å². The van der Waals surface area contributed by atoms with E-state index < -0.39 is 0 Å². The Balaban J connectivity index is 1.47. The average molecular weight is 417 g/mol. The number of carbonyl (C=O) groups is 2. The summed E-state index contributed by atoms with van der Waals surface area (Å²) in [6.45, 7) is 4.21. The number of ether oxygens (including phenoxy) is 1. The SMILES string of the molecule is CCCCC(N)c1nc(C(=O)N2CCN(C(=O)OCc3ccccc3)CC2)cs1. The molecule has 156 valence electrons. The van der Waals surface area contributed by atoms with Gasteiger partial charge in [0, 0.05) is 31.6 Å². The Labute approximate surface area is 175 Å². The Morgan fingerprint density at radius 1 is 1.17 bits per heavy atom. The second kappa shape index (κ2) is 10.4. The number of carbonyl (C=O) groups excluding carboxylic acids is 2. The molecule has 8 heteroatoms. The molecule has 0 aliphatic carbocycles. The smallest absolute Gasteiger partial charge is 0.410 e. The molecule has 1 aromatic carbocycles. The van der Waals surface area contributed by atoms with E-state index in [9.17, 15) is 9.59 Å². The molecule has 7 nitrogen and oxygen atoms in total. The van der Waals surface area contributed by atoms with Gasteiger partial charge in [-0.15, -0.1) is 11.3 Å². The van der Waals surface area contributed by atoms with Gasteiger partial charge < -0.3 is 20.3 Å². The molecule has 0 radical (unpaired) electrons. The summed E-state index contributed by atoms with van der Waals surface area (Å²) in [5.74, 6) is -0.104. The number of hydrogen-bond acceptors (Lipinski definition) is 6. The van der Waals surface area contributed by atoms with Gasteiger partial charge in [0.05, 0.1) is 6.04 Å². The van der Waals surface area contributed by atoms with E-state index >= 15 is 0 Å². The summed E-state index contributed by atoms with van der Waals surface area (Å²) >= 11 is 1.44. The van der Waals surface area contributed by atoms with Crippen LogP contribution in [0.4, 0.5) is 4.79 Å². The van der Waals surface area contributed by atoms with E-state index in [1.54, 1.807) is 15.2 Å². The van der Waals surface area contributed by atoms with Crippen molar-refractivity contribution in [3.05, 3.63) is 52.0 Å². The van der Waals surface area contributed by atoms with Crippen LogP contribution in [0.5, 0.6) is 0 Å². The summed E-state index contributed by atoms with van der Waals surface area (Å²) in [4.78, 5) is 32.8. The summed E-state index contributed by atoms with van der Waals surface area (Å²) in [5, 5.41) is 2.59. The normalized spacial score (nSPS) is 15.2. The maximum absolute atomic E-state index is 12.7. The van der Waals surface area contributed by atoms with Crippen molar-refractivity contribution in [2.45, 2.75) is 38.8 Å². The lowest BCUT2D eigenvalue weighted by molar-refractivity contribution is 0.0540. The summed E-state index contributed by atoms with van der Waals surface area (Å²) in [6, 6.07) is 9.46. The lowest BCUT2D eigenvalue weighted by Gasteiger charge is -2.33. The molecule has 1 aliphatic heterocycles. The maximum Gasteiger partial charge on any atom is 0.410 e. The third kappa shape index (κ3) is 5.77. The van der Waals surface area contributed by atoms with Crippen LogP contribution < -0.4 is 5.73 Å². The molecule has 1 unspecified atom stereocenters. The summed E-state index contributed by atoms with van der Waals surface area (Å²) in [5.41, 5.74) is 7.55. The van der Waals surface area contributed by atoms with Crippen LogP contribution in [-0.2, 0) is 11.3 Å². The molecule has 3 rings (SSSR count). The fourth-order valence-corrected chi connectivity index (χ4v) is 4.00. The lowest BCUT2D eigenvalue weighted by atomic mass is 10.1. The first-order valence-corrected chi connectivity index (χ1v) is 10.9. The van der Waals surface area contributed by atoms with E-state index in [2.05, 4.69) is 11.9 Å². The van der Waals surface area contributed by atoms with Crippen molar-refractivity contribution in [2.24, 2.45) is 5.73 Å². The van der Waals surface area contributed by atoms with Crippen LogP contribution in [-0.4, -0.2) is 53.0 Å². The fraction of sp³-hybridized carbons (Fsp3) is 0.476.